The fraction of sp³-hybridized carbons (Fsp3) is 0.211. The van der Waals surface area contributed by atoms with Crippen LogP contribution in [0.4, 0.5) is 13.2 Å². The lowest BCUT2D eigenvalue weighted by Crippen LogP contribution is -2.26. The van der Waals surface area contributed by atoms with Gasteiger partial charge in [0.25, 0.3) is 5.91 Å². The highest BCUT2D eigenvalue weighted by Gasteiger charge is 2.30. The van der Waals surface area contributed by atoms with Crippen LogP contribution in [0, 0.1) is 0 Å². The summed E-state index contributed by atoms with van der Waals surface area (Å²) >= 11 is 0. The minimum Gasteiger partial charge on any atom is -0.455 e. The molecule has 0 saturated carbocycles. The highest BCUT2D eigenvalue weighted by Crippen LogP contribution is 2.34. The Morgan fingerprint density at radius 1 is 1.14 bits per heavy atom. The summed E-state index contributed by atoms with van der Waals surface area (Å²) in [5, 5.41) is 18.0. The van der Waals surface area contributed by atoms with Gasteiger partial charge in [-0.1, -0.05) is 0 Å². The molecule has 0 atom stereocenters. The molecule has 0 spiro atoms. The van der Waals surface area contributed by atoms with Crippen molar-refractivity contribution >= 4 is 5.91 Å². The summed E-state index contributed by atoms with van der Waals surface area (Å²) in [5.41, 5.74) is 0.0769. The standard InChI is InChI=1S/C19H17F3N4O3/c20-19(21,22)12-2-4-13(5-3-12)29-16-7-6-15(18(28)23-9-1-11-27)25-17(16)14-8-10-24-26-14/h2-8,10,27H,1,9,11H2,(H,23,28)(H,24,26). The van der Waals surface area contributed by atoms with Crippen LogP contribution < -0.4 is 10.1 Å². The second kappa shape index (κ2) is 8.74. The number of hydrogen-bond acceptors (Lipinski definition) is 5. The number of pyridine rings is 1. The van der Waals surface area contributed by atoms with Gasteiger partial charge in [0.15, 0.2) is 5.75 Å². The largest absolute Gasteiger partial charge is 0.455 e. The molecule has 1 aromatic carbocycles. The zero-order valence-corrected chi connectivity index (χ0v) is 15.0. The summed E-state index contributed by atoms with van der Waals surface area (Å²) < 4.78 is 43.8. The molecule has 0 saturated heterocycles. The number of H-pyrrole nitrogens is 1. The first-order valence-corrected chi connectivity index (χ1v) is 8.63. The van der Waals surface area contributed by atoms with Crippen molar-refractivity contribution in [2.24, 2.45) is 0 Å². The first kappa shape index (κ1) is 20.3. The van der Waals surface area contributed by atoms with Gasteiger partial charge >= 0.3 is 6.18 Å². The highest BCUT2D eigenvalue weighted by molar-refractivity contribution is 5.93. The van der Waals surface area contributed by atoms with Crippen molar-refractivity contribution in [3.63, 3.8) is 0 Å². The summed E-state index contributed by atoms with van der Waals surface area (Å²) in [4.78, 5) is 16.5. The third-order valence-electron chi connectivity index (χ3n) is 3.88. The van der Waals surface area contributed by atoms with Crippen molar-refractivity contribution in [1.82, 2.24) is 20.5 Å². The van der Waals surface area contributed by atoms with Gasteiger partial charge in [-0.15, -0.1) is 0 Å². The lowest BCUT2D eigenvalue weighted by molar-refractivity contribution is -0.137. The van der Waals surface area contributed by atoms with E-state index in [2.05, 4.69) is 20.5 Å². The molecule has 3 rings (SSSR count). The lowest BCUT2D eigenvalue weighted by Gasteiger charge is -2.12. The molecule has 0 aliphatic heterocycles. The molecule has 0 fully saturated rings. The van der Waals surface area contributed by atoms with Crippen molar-refractivity contribution in [1.29, 1.82) is 0 Å². The summed E-state index contributed by atoms with van der Waals surface area (Å²) in [5.74, 6) is -0.0121. The maximum atomic E-state index is 12.7. The maximum absolute atomic E-state index is 12.7. The van der Waals surface area contributed by atoms with E-state index in [1.54, 1.807) is 6.07 Å². The Labute approximate surface area is 163 Å². The number of hydrogen-bond donors (Lipinski definition) is 3. The Morgan fingerprint density at radius 3 is 2.52 bits per heavy atom. The van der Waals surface area contributed by atoms with Crippen LogP contribution in [0.25, 0.3) is 11.4 Å². The number of benzene rings is 1. The SMILES string of the molecule is O=C(NCCCO)c1ccc(Oc2ccc(C(F)(F)F)cc2)c(-c2ccn[nH]2)n1. The lowest BCUT2D eigenvalue weighted by atomic mass is 10.2. The van der Waals surface area contributed by atoms with Crippen LogP contribution in [0.15, 0.2) is 48.7 Å². The first-order valence-electron chi connectivity index (χ1n) is 8.63. The number of rotatable bonds is 7. The molecule has 1 amide bonds. The normalized spacial score (nSPS) is 11.3. The minimum absolute atomic E-state index is 0.0486. The van der Waals surface area contributed by atoms with Crippen LogP contribution in [0.1, 0.15) is 22.5 Å². The number of aromatic amines is 1. The van der Waals surface area contributed by atoms with E-state index < -0.39 is 17.6 Å². The molecule has 2 aromatic heterocycles. The Hall–Kier alpha value is -3.40. The molecule has 2 heterocycles. The van der Waals surface area contributed by atoms with E-state index in [9.17, 15) is 18.0 Å². The van der Waals surface area contributed by atoms with Crippen molar-refractivity contribution in [2.45, 2.75) is 12.6 Å². The van der Waals surface area contributed by atoms with Gasteiger partial charge in [-0.05, 0) is 48.9 Å². The van der Waals surface area contributed by atoms with Gasteiger partial charge < -0.3 is 15.2 Å². The molecule has 3 N–H and O–H groups in total. The Bertz CT molecular complexity index is 958. The van der Waals surface area contributed by atoms with Crippen molar-refractivity contribution in [3.05, 3.63) is 59.9 Å². The van der Waals surface area contributed by atoms with Gasteiger partial charge in [-0.2, -0.15) is 18.3 Å². The molecule has 29 heavy (non-hydrogen) atoms. The second-order valence-corrected chi connectivity index (χ2v) is 5.97. The zero-order chi connectivity index (χ0) is 20.9. The molecule has 3 aromatic rings. The summed E-state index contributed by atoms with van der Waals surface area (Å²) in [6, 6.07) is 8.80. The van der Waals surface area contributed by atoms with Crippen LogP contribution in [-0.2, 0) is 6.18 Å². The van der Waals surface area contributed by atoms with Gasteiger partial charge in [-0.25, -0.2) is 4.98 Å². The maximum Gasteiger partial charge on any atom is 0.416 e. The number of nitrogens with zero attached hydrogens (tertiary/aromatic N) is 2. The van der Waals surface area contributed by atoms with E-state index in [0.29, 0.717) is 18.7 Å². The number of alkyl halides is 3. The van der Waals surface area contributed by atoms with Gasteiger partial charge in [0.1, 0.15) is 17.1 Å². The number of nitrogens with one attached hydrogen (secondary N) is 2. The van der Waals surface area contributed by atoms with Gasteiger partial charge in [0.2, 0.25) is 0 Å². The fourth-order valence-corrected chi connectivity index (χ4v) is 2.45. The van der Waals surface area contributed by atoms with Gasteiger partial charge in [0.05, 0.1) is 11.3 Å². The number of ether oxygens (including phenoxy) is 1. The third-order valence-corrected chi connectivity index (χ3v) is 3.88. The topological polar surface area (TPSA) is 100 Å². The van der Waals surface area contributed by atoms with E-state index in [4.69, 9.17) is 9.84 Å². The number of aliphatic hydroxyl groups excluding tert-OH is 1. The second-order valence-electron chi connectivity index (χ2n) is 5.97. The smallest absolute Gasteiger partial charge is 0.416 e. The van der Waals surface area contributed by atoms with Crippen LogP contribution in [0.5, 0.6) is 11.5 Å². The Balaban J connectivity index is 1.87. The number of carbonyl (C=O) groups is 1. The average Bonchev–Trinajstić information content (AvgIpc) is 3.23. The van der Waals surface area contributed by atoms with Gasteiger partial charge in [-0.3, -0.25) is 9.89 Å². The number of aromatic nitrogens is 3. The molecule has 152 valence electrons. The third kappa shape index (κ3) is 5.11. The molecular weight excluding hydrogens is 389 g/mol. The molecule has 0 aliphatic carbocycles. The molecule has 0 aliphatic rings. The van der Waals surface area contributed by atoms with Crippen LogP contribution >= 0.6 is 0 Å². The van der Waals surface area contributed by atoms with Crippen LogP contribution in [0.2, 0.25) is 0 Å². The Morgan fingerprint density at radius 2 is 1.90 bits per heavy atom. The van der Waals surface area contributed by atoms with E-state index in [1.807, 2.05) is 0 Å². The summed E-state index contributed by atoms with van der Waals surface area (Å²) in [7, 11) is 0. The number of halogens is 3. The van der Waals surface area contributed by atoms with Crippen molar-refractivity contribution in [3.8, 4) is 22.9 Å². The predicted molar refractivity (Wildman–Crippen MR) is 97.4 cm³/mol. The quantitative estimate of drug-likeness (QED) is 0.522. The van der Waals surface area contributed by atoms with Crippen LogP contribution in [0.3, 0.4) is 0 Å². The van der Waals surface area contributed by atoms with E-state index in [0.717, 1.165) is 12.1 Å². The number of amides is 1. The molecule has 10 heteroatoms. The summed E-state index contributed by atoms with van der Waals surface area (Å²) in [6.45, 7) is 0.243. The number of aliphatic hydroxyl groups is 1. The van der Waals surface area contributed by atoms with E-state index >= 15 is 0 Å². The highest BCUT2D eigenvalue weighted by atomic mass is 19.4. The van der Waals surface area contributed by atoms with Crippen LogP contribution in [-0.4, -0.2) is 39.3 Å². The monoisotopic (exact) mass is 406 g/mol. The van der Waals surface area contributed by atoms with E-state index in [-0.39, 0.29) is 29.5 Å². The van der Waals surface area contributed by atoms with Gasteiger partial charge in [0, 0.05) is 19.3 Å². The predicted octanol–water partition coefficient (Wildman–Crippen LogP) is 3.40. The minimum atomic E-state index is -4.44. The first-order chi connectivity index (χ1) is 13.9. The van der Waals surface area contributed by atoms with Crippen molar-refractivity contribution < 1.29 is 27.8 Å². The fourth-order valence-electron chi connectivity index (χ4n) is 2.45. The molecule has 0 bridgehead atoms. The van der Waals surface area contributed by atoms with E-state index in [1.165, 1.54) is 30.5 Å². The summed E-state index contributed by atoms with van der Waals surface area (Å²) in [6.07, 6.45) is -2.53. The number of carbonyl (C=O) groups excluding carboxylic acids is 1. The Kier molecular flexibility index (Phi) is 6.13. The molecule has 7 nitrogen and oxygen atoms in total. The molecular formula is C19H17F3N4O3. The molecule has 0 radical (unpaired) electrons. The zero-order valence-electron chi connectivity index (χ0n) is 15.0. The van der Waals surface area contributed by atoms with Crippen molar-refractivity contribution in [2.75, 3.05) is 13.2 Å². The average molecular weight is 406 g/mol. The molecule has 0 unspecified atom stereocenters.